The number of aromatic amines is 1. The molecule has 0 amide bonds. The third-order valence-electron chi connectivity index (χ3n) is 6.36. The lowest BCUT2D eigenvalue weighted by Crippen LogP contribution is -2.30. The number of carbonyl (C=O) groups excluding carboxylic acids is 1. The molecule has 0 aliphatic carbocycles. The smallest absolute Gasteiger partial charge is 0.311 e. The molecule has 0 radical (unpaired) electrons. The van der Waals surface area contributed by atoms with Gasteiger partial charge < -0.3 is 19.4 Å². The highest BCUT2D eigenvalue weighted by Gasteiger charge is 2.34. The van der Waals surface area contributed by atoms with Gasteiger partial charge in [-0.15, -0.1) is 11.8 Å². The molecule has 0 fully saturated rings. The molecule has 0 bridgehead atoms. The van der Waals surface area contributed by atoms with Crippen molar-refractivity contribution in [3.8, 4) is 16.9 Å². The van der Waals surface area contributed by atoms with E-state index < -0.39 is 5.41 Å². The second-order valence-electron chi connectivity index (χ2n) is 11.2. The van der Waals surface area contributed by atoms with Gasteiger partial charge in [0.05, 0.1) is 12.0 Å². The van der Waals surface area contributed by atoms with Crippen molar-refractivity contribution in [3.05, 3.63) is 82.4 Å². The van der Waals surface area contributed by atoms with Crippen LogP contribution in [0, 0.1) is 5.41 Å². The maximum atomic E-state index is 12.9. The number of phenols is 1. The Hall–Kier alpha value is -3.45. The third-order valence-corrected chi connectivity index (χ3v) is 7.63. The second-order valence-corrected chi connectivity index (χ2v) is 13.0. The van der Waals surface area contributed by atoms with Gasteiger partial charge in [-0.3, -0.25) is 9.59 Å². The first-order chi connectivity index (χ1) is 17.9. The zero-order valence-corrected chi connectivity index (χ0v) is 23.7. The minimum Gasteiger partial charge on any atom is -0.508 e. The minimum absolute atomic E-state index is 0.0777. The van der Waals surface area contributed by atoms with Crippen LogP contribution in [0.25, 0.3) is 22.0 Å². The van der Waals surface area contributed by atoms with E-state index in [0.717, 1.165) is 38.2 Å². The highest BCUT2D eigenvalue weighted by atomic mass is 32.2. The van der Waals surface area contributed by atoms with Gasteiger partial charge in [-0.2, -0.15) is 0 Å². The number of H-pyrrole nitrogens is 1. The van der Waals surface area contributed by atoms with Crippen LogP contribution >= 0.6 is 11.8 Å². The molecule has 2 aromatic heterocycles. The topological polar surface area (TPSA) is 84.3 Å². The summed E-state index contributed by atoms with van der Waals surface area (Å²) >= 11 is 1.75. The van der Waals surface area contributed by atoms with E-state index in [1.54, 1.807) is 24.0 Å². The van der Waals surface area contributed by atoms with E-state index in [1.165, 1.54) is 6.07 Å². The summed E-state index contributed by atoms with van der Waals surface area (Å²) in [5.74, 6) is -0.0107. The van der Waals surface area contributed by atoms with Crippen molar-refractivity contribution in [1.29, 1.82) is 0 Å². The fraction of sp³-hybridized carbons (Fsp3) is 0.355. The zero-order chi connectivity index (χ0) is 27.7. The average Bonchev–Trinajstić information content (AvgIpc) is 3.10. The SMILES string of the molecule is CCOC(=O)C(C)(C)Cc1c(SC(C)(C)C)c2cc(O)ccc2n1Cc1ccc(-c2ccc(=O)[nH]c2)cc1. The molecular weight excluding hydrogens is 496 g/mol. The number of hydrogen-bond acceptors (Lipinski definition) is 5. The molecule has 0 aliphatic heterocycles. The van der Waals surface area contributed by atoms with Gasteiger partial charge in [-0.05, 0) is 61.7 Å². The molecule has 2 aromatic carbocycles. The first-order valence-electron chi connectivity index (χ1n) is 12.9. The molecule has 4 aromatic rings. The molecular formula is C31H36N2O4S. The van der Waals surface area contributed by atoms with E-state index in [4.69, 9.17) is 4.74 Å². The van der Waals surface area contributed by atoms with Crippen LogP contribution in [0.5, 0.6) is 5.75 Å². The summed E-state index contributed by atoms with van der Waals surface area (Å²) in [6.07, 6.45) is 2.21. The molecule has 4 rings (SSSR count). The molecule has 200 valence electrons. The van der Waals surface area contributed by atoms with Crippen LogP contribution in [0.2, 0.25) is 0 Å². The van der Waals surface area contributed by atoms with Crippen molar-refractivity contribution >= 4 is 28.6 Å². The predicted molar refractivity (Wildman–Crippen MR) is 155 cm³/mol. The lowest BCUT2D eigenvalue weighted by atomic mass is 9.87. The van der Waals surface area contributed by atoms with Crippen molar-refractivity contribution < 1.29 is 14.6 Å². The van der Waals surface area contributed by atoms with Crippen molar-refractivity contribution in [3.63, 3.8) is 0 Å². The standard InChI is InChI=1S/C31H36N2O4S/c1-7-37-29(36)31(5,6)17-26-28(38-30(2,3)4)24-16-23(34)13-14-25(24)33(26)19-20-8-10-21(11-9-20)22-12-15-27(35)32-18-22/h8-16,18,34H,7,17,19H2,1-6H3,(H,32,35). The van der Waals surface area contributed by atoms with Crippen molar-refractivity contribution in [2.45, 2.75) is 64.2 Å². The van der Waals surface area contributed by atoms with Crippen LogP contribution in [-0.4, -0.2) is 32.0 Å². The zero-order valence-electron chi connectivity index (χ0n) is 22.9. The van der Waals surface area contributed by atoms with Crippen LogP contribution in [0.1, 0.15) is 52.8 Å². The molecule has 0 aliphatic rings. The van der Waals surface area contributed by atoms with Gasteiger partial charge in [0.2, 0.25) is 5.56 Å². The molecule has 0 saturated heterocycles. The highest BCUT2D eigenvalue weighted by Crippen LogP contribution is 2.44. The van der Waals surface area contributed by atoms with E-state index in [2.05, 4.69) is 42.5 Å². The fourth-order valence-corrected chi connectivity index (χ4v) is 5.72. The number of pyridine rings is 1. The Morgan fingerprint density at radius 2 is 1.68 bits per heavy atom. The Bertz CT molecular complexity index is 1490. The lowest BCUT2D eigenvalue weighted by molar-refractivity contribution is -0.153. The Morgan fingerprint density at radius 3 is 2.29 bits per heavy atom. The van der Waals surface area contributed by atoms with Crippen molar-refractivity contribution in [2.75, 3.05) is 6.61 Å². The number of esters is 1. The largest absolute Gasteiger partial charge is 0.508 e. The molecule has 0 unspecified atom stereocenters. The van der Waals surface area contributed by atoms with Crippen molar-refractivity contribution in [1.82, 2.24) is 9.55 Å². The monoisotopic (exact) mass is 532 g/mol. The number of rotatable bonds is 8. The van der Waals surface area contributed by atoms with Gasteiger partial charge in [0, 0.05) is 51.5 Å². The summed E-state index contributed by atoms with van der Waals surface area (Å²) in [7, 11) is 0. The fourth-order valence-electron chi connectivity index (χ4n) is 4.53. The van der Waals surface area contributed by atoms with Gasteiger partial charge >= 0.3 is 5.97 Å². The first kappa shape index (κ1) is 27.6. The Kier molecular flexibility index (Phi) is 7.79. The molecule has 38 heavy (non-hydrogen) atoms. The molecule has 2 heterocycles. The van der Waals surface area contributed by atoms with E-state index >= 15 is 0 Å². The summed E-state index contributed by atoms with van der Waals surface area (Å²) < 4.78 is 7.60. The number of fused-ring (bicyclic) bond motifs is 1. The normalized spacial score (nSPS) is 12.2. The Morgan fingerprint density at radius 1 is 1.00 bits per heavy atom. The Balaban J connectivity index is 1.82. The molecule has 0 saturated carbocycles. The number of nitrogens with one attached hydrogen (secondary N) is 1. The predicted octanol–water partition coefficient (Wildman–Crippen LogP) is 6.77. The number of aromatic nitrogens is 2. The van der Waals surface area contributed by atoms with Gasteiger partial charge in [0.15, 0.2) is 0 Å². The average molecular weight is 533 g/mol. The molecule has 0 atom stereocenters. The molecule has 6 nitrogen and oxygen atoms in total. The summed E-state index contributed by atoms with van der Waals surface area (Å²) in [4.78, 5) is 28.1. The van der Waals surface area contributed by atoms with E-state index in [1.807, 2.05) is 51.1 Å². The number of benzene rings is 2. The van der Waals surface area contributed by atoms with Crippen LogP contribution in [0.4, 0.5) is 0 Å². The van der Waals surface area contributed by atoms with Crippen LogP contribution in [0.3, 0.4) is 0 Å². The van der Waals surface area contributed by atoms with Gasteiger partial charge in [-0.25, -0.2) is 0 Å². The van der Waals surface area contributed by atoms with Gasteiger partial charge in [0.25, 0.3) is 0 Å². The van der Waals surface area contributed by atoms with Crippen LogP contribution in [-0.2, 0) is 22.5 Å². The Labute approximate surface area is 228 Å². The van der Waals surface area contributed by atoms with Crippen molar-refractivity contribution in [2.24, 2.45) is 5.41 Å². The number of carbonyl (C=O) groups is 1. The van der Waals surface area contributed by atoms with Gasteiger partial charge in [-0.1, -0.05) is 45.0 Å². The summed E-state index contributed by atoms with van der Waals surface area (Å²) in [5, 5.41) is 11.4. The van der Waals surface area contributed by atoms with E-state index in [9.17, 15) is 14.7 Å². The summed E-state index contributed by atoms with van der Waals surface area (Å²) in [5.41, 5.74) is 4.26. The van der Waals surface area contributed by atoms with E-state index in [0.29, 0.717) is 19.6 Å². The number of ether oxygens (including phenoxy) is 1. The van der Waals surface area contributed by atoms with Crippen LogP contribution in [0.15, 0.2) is 70.5 Å². The number of nitrogens with zero attached hydrogens (tertiary/aromatic N) is 1. The molecule has 2 N–H and O–H groups in total. The van der Waals surface area contributed by atoms with E-state index in [-0.39, 0.29) is 22.0 Å². The number of hydrogen-bond donors (Lipinski definition) is 2. The lowest BCUT2D eigenvalue weighted by Gasteiger charge is -2.26. The number of phenolic OH excluding ortho intramolecular Hbond substituents is 1. The maximum Gasteiger partial charge on any atom is 0.311 e. The summed E-state index contributed by atoms with van der Waals surface area (Å²) in [6, 6.07) is 17.1. The quantitative estimate of drug-likeness (QED) is 0.193. The van der Waals surface area contributed by atoms with Gasteiger partial charge in [0.1, 0.15) is 5.75 Å². The third kappa shape index (κ3) is 6.16. The number of aromatic hydroxyl groups is 1. The molecule has 7 heteroatoms. The van der Waals surface area contributed by atoms with Crippen LogP contribution < -0.4 is 5.56 Å². The number of thioether (sulfide) groups is 1. The first-order valence-corrected chi connectivity index (χ1v) is 13.7. The highest BCUT2D eigenvalue weighted by molar-refractivity contribution is 8.00. The second kappa shape index (κ2) is 10.7. The maximum absolute atomic E-state index is 12.9. The molecule has 0 spiro atoms. The minimum atomic E-state index is -0.731. The summed E-state index contributed by atoms with van der Waals surface area (Å²) in [6.45, 7) is 13.1.